The predicted molar refractivity (Wildman–Crippen MR) is 91.3 cm³/mol. The highest BCUT2D eigenvalue weighted by molar-refractivity contribution is 7.90. The van der Waals surface area contributed by atoms with E-state index in [1.807, 2.05) is 0 Å². The number of benzene rings is 2. The predicted octanol–water partition coefficient (Wildman–Crippen LogP) is 3.74. The highest BCUT2D eigenvalue weighted by Crippen LogP contribution is 2.32. The number of rotatable bonds is 3. The van der Waals surface area contributed by atoms with Crippen molar-refractivity contribution in [3.8, 4) is 5.75 Å². The number of hydrogen-bond donors (Lipinski definition) is 2. The fraction of sp³-hybridized carbons (Fsp3) is 0.0625. The molecule has 0 bridgehead atoms. The zero-order chi connectivity index (χ0) is 16.6. The Morgan fingerprint density at radius 2 is 1.87 bits per heavy atom. The fourth-order valence-electron chi connectivity index (χ4n) is 2.22. The molecule has 0 spiro atoms. The van der Waals surface area contributed by atoms with Crippen LogP contribution in [0.3, 0.4) is 0 Å². The van der Waals surface area contributed by atoms with Crippen molar-refractivity contribution in [3.05, 3.63) is 53.7 Å². The number of hydrogen-bond acceptors (Lipinski definition) is 5. The first-order valence-electron chi connectivity index (χ1n) is 6.69. The Labute approximate surface area is 138 Å². The van der Waals surface area contributed by atoms with Crippen LogP contribution in [0.1, 0.15) is 0 Å². The van der Waals surface area contributed by atoms with E-state index in [2.05, 4.69) is 10.3 Å². The Kier molecular flexibility index (Phi) is 3.87. The van der Waals surface area contributed by atoms with Crippen molar-refractivity contribution in [2.45, 2.75) is 4.90 Å². The summed E-state index contributed by atoms with van der Waals surface area (Å²) in [4.78, 5) is 4.43. The zero-order valence-electron chi connectivity index (χ0n) is 12.1. The minimum absolute atomic E-state index is 0.0404. The van der Waals surface area contributed by atoms with Gasteiger partial charge in [0.25, 0.3) is 0 Å². The minimum Gasteiger partial charge on any atom is -0.506 e. The number of aromatic nitrogens is 1. The SMILES string of the molecule is CS(=O)(=O)c1ccc2nccc(Nc3cc(Cl)ccc3O)c2c1. The van der Waals surface area contributed by atoms with E-state index in [1.54, 1.807) is 36.5 Å². The molecule has 1 aromatic heterocycles. The molecule has 0 fully saturated rings. The van der Waals surface area contributed by atoms with E-state index < -0.39 is 9.84 Å². The van der Waals surface area contributed by atoms with E-state index in [0.29, 0.717) is 27.3 Å². The van der Waals surface area contributed by atoms with Crippen molar-refractivity contribution < 1.29 is 13.5 Å². The number of fused-ring (bicyclic) bond motifs is 1. The minimum atomic E-state index is -3.32. The number of anilines is 2. The van der Waals surface area contributed by atoms with Gasteiger partial charge in [0.05, 0.1) is 16.1 Å². The van der Waals surface area contributed by atoms with Crippen LogP contribution in [0.4, 0.5) is 11.4 Å². The molecule has 3 aromatic rings. The Balaban J connectivity index is 2.15. The summed E-state index contributed by atoms with van der Waals surface area (Å²) in [5.74, 6) is 0.0404. The average Bonchev–Trinajstić information content (AvgIpc) is 2.50. The second-order valence-corrected chi connectivity index (χ2v) is 7.55. The first-order valence-corrected chi connectivity index (χ1v) is 8.96. The Hall–Kier alpha value is -2.31. The van der Waals surface area contributed by atoms with Gasteiger partial charge < -0.3 is 10.4 Å². The number of sulfone groups is 1. The topological polar surface area (TPSA) is 79.3 Å². The van der Waals surface area contributed by atoms with Crippen LogP contribution < -0.4 is 5.32 Å². The molecule has 3 rings (SSSR count). The molecule has 0 aliphatic carbocycles. The molecule has 118 valence electrons. The molecule has 7 heteroatoms. The summed E-state index contributed by atoms with van der Waals surface area (Å²) in [6.07, 6.45) is 2.76. The van der Waals surface area contributed by atoms with Gasteiger partial charge in [0.2, 0.25) is 0 Å². The number of phenols is 1. The van der Waals surface area contributed by atoms with E-state index in [0.717, 1.165) is 6.26 Å². The summed E-state index contributed by atoms with van der Waals surface area (Å²) in [7, 11) is -3.32. The lowest BCUT2D eigenvalue weighted by atomic mass is 10.1. The van der Waals surface area contributed by atoms with Gasteiger partial charge in [0.15, 0.2) is 9.84 Å². The summed E-state index contributed by atoms with van der Waals surface area (Å²) in [5, 5.41) is 14.1. The van der Waals surface area contributed by atoms with Gasteiger partial charge in [-0.15, -0.1) is 0 Å². The standard InChI is InChI=1S/C16H13ClN2O3S/c1-23(21,22)11-3-4-13-12(9-11)14(6-7-18-13)19-15-8-10(17)2-5-16(15)20/h2-9,20H,1H3,(H,18,19). The maximum absolute atomic E-state index is 11.7. The molecule has 0 saturated carbocycles. The lowest BCUT2D eigenvalue weighted by Crippen LogP contribution is -1.98. The van der Waals surface area contributed by atoms with Gasteiger partial charge in [-0.05, 0) is 42.5 Å². The molecule has 0 aliphatic heterocycles. The van der Waals surface area contributed by atoms with Gasteiger partial charge in [0, 0.05) is 28.5 Å². The normalized spacial score (nSPS) is 11.6. The van der Waals surface area contributed by atoms with Gasteiger partial charge in [-0.1, -0.05) is 11.6 Å². The van der Waals surface area contributed by atoms with Crippen LogP contribution in [0.25, 0.3) is 10.9 Å². The highest BCUT2D eigenvalue weighted by atomic mass is 35.5. The van der Waals surface area contributed by atoms with Crippen molar-refractivity contribution >= 4 is 43.7 Å². The summed E-state index contributed by atoms with van der Waals surface area (Å²) in [6.45, 7) is 0. The van der Waals surface area contributed by atoms with Gasteiger partial charge in [-0.3, -0.25) is 4.98 Å². The lowest BCUT2D eigenvalue weighted by Gasteiger charge is -2.12. The van der Waals surface area contributed by atoms with Crippen LogP contribution in [-0.2, 0) is 9.84 Å². The van der Waals surface area contributed by atoms with E-state index in [4.69, 9.17) is 11.6 Å². The number of phenolic OH excluding ortho intramolecular Hbond substituents is 1. The maximum atomic E-state index is 11.7. The first-order chi connectivity index (χ1) is 10.8. The molecule has 2 N–H and O–H groups in total. The van der Waals surface area contributed by atoms with Crippen LogP contribution >= 0.6 is 11.6 Å². The highest BCUT2D eigenvalue weighted by Gasteiger charge is 2.11. The zero-order valence-corrected chi connectivity index (χ0v) is 13.7. The third-order valence-corrected chi connectivity index (χ3v) is 4.71. The number of nitrogens with zero attached hydrogens (tertiary/aromatic N) is 1. The van der Waals surface area contributed by atoms with Crippen molar-refractivity contribution in [2.24, 2.45) is 0 Å². The number of aromatic hydroxyl groups is 1. The van der Waals surface area contributed by atoms with Crippen LogP contribution in [0, 0.1) is 0 Å². The first kappa shape index (κ1) is 15.6. The second-order valence-electron chi connectivity index (χ2n) is 5.10. The van der Waals surface area contributed by atoms with E-state index >= 15 is 0 Å². The van der Waals surface area contributed by atoms with Gasteiger partial charge in [-0.25, -0.2) is 8.42 Å². The third-order valence-electron chi connectivity index (χ3n) is 3.37. The fourth-order valence-corrected chi connectivity index (χ4v) is 3.04. The molecule has 0 saturated heterocycles. The van der Waals surface area contributed by atoms with Gasteiger partial charge >= 0.3 is 0 Å². The van der Waals surface area contributed by atoms with Crippen LogP contribution in [-0.4, -0.2) is 24.8 Å². The Morgan fingerprint density at radius 1 is 1.09 bits per heavy atom. The summed E-state index contributed by atoms with van der Waals surface area (Å²) >= 11 is 5.94. The van der Waals surface area contributed by atoms with Crippen LogP contribution in [0.15, 0.2) is 53.6 Å². The lowest BCUT2D eigenvalue weighted by molar-refractivity contribution is 0.478. The van der Waals surface area contributed by atoms with Gasteiger partial charge in [-0.2, -0.15) is 0 Å². The molecular formula is C16H13ClN2O3S. The maximum Gasteiger partial charge on any atom is 0.175 e. The molecule has 23 heavy (non-hydrogen) atoms. The van der Waals surface area contributed by atoms with Crippen molar-refractivity contribution in [2.75, 3.05) is 11.6 Å². The van der Waals surface area contributed by atoms with E-state index in [1.165, 1.54) is 12.1 Å². The summed E-state index contributed by atoms with van der Waals surface area (Å²) in [5.41, 5.74) is 1.69. The molecule has 0 amide bonds. The molecule has 2 aromatic carbocycles. The van der Waals surface area contributed by atoms with Crippen molar-refractivity contribution in [1.29, 1.82) is 0 Å². The third kappa shape index (κ3) is 3.23. The van der Waals surface area contributed by atoms with Crippen LogP contribution in [0.2, 0.25) is 5.02 Å². The average molecular weight is 349 g/mol. The largest absolute Gasteiger partial charge is 0.506 e. The quantitative estimate of drug-likeness (QED) is 0.705. The molecule has 0 radical (unpaired) electrons. The van der Waals surface area contributed by atoms with Crippen molar-refractivity contribution in [3.63, 3.8) is 0 Å². The molecule has 0 atom stereocenters. The smallest absolute Gasteiger partial charge is 0.175 e. The Bertz CT molecular complexity index is 1000. The van der Waals surface area contributed by atoms with E-state index in [-0.39, 0.29) is 10.6 Å². The number of pyridine rings is 1. The molecular weight excluding hydrogens is 336 g/mol. The van der Waals surface area contributed by atoms with Crippen LogP contribution in [0.5, 0.6) is 5.75 Å². The second kappa shape index (κ2) is 5.72. The number of halogens is 1. The molecule has 0 aliphatic rings. The Morgan fingerprint density at radius 3 is 2.61 bits per heavy atom. The molecule has 1 heterocycles. The van der Waals surface area contributed by atoms with Gasteiger partial charge in [0.1, 0.15) is 5.75 Å². The molecule has 0 unspecified atom stereocenters. The number of nitrogens with one attached hydrogen (secondary N) is 1. The summed E-state index contributed by atoms with van der Waals surface area (Å²) < 4.78 is 23.5. The van der Waals surface area contributed by atoms with E-state index in [9.17, 15) is 13.5 Å². The van der Waals surface area contributed by atoms with Crippen molar-refractivity contribution in [1.82, 2.24) is 4.98 Å². The summed E-state index contributed by atoms with van der Waals surface area (Å²) in [6, 6.07) is 11.1. The molecule has 5 nitrogen and oxygen atoms in total. The monoisotopic (exact) mass is 348 g/mol.